The molecule has 240 valence electrons. The lowest BCUT2D eigenvalue weighted by Crippen LogP contribution is -2.50. The zero-order valence-corrected chi connectivity index (χ0v) is 28.3. The zero-order chi connectivity index (χ0) is 33.4. The average molecular weight is 644 g/mol. The Morgan fingerprint density at radius 2 is 1.16 bits per heavy atom. The van der Waals surface area contributed by atoms with Gasteiger partial charge in [0.25, 0.3) is 0 Å². The van der Waals surface area contributed by atoms with Gasteiger partial charge in [0.2, 0.25) is 0 Å². The normalized spacial score (nSPS) is 19.3. The van der Waals surface area contributed by atoms with E-state index in [-0.39, 0.29) is 11.6 Å². The Bertz CT molecular complexity index is 2700. The van der Waals surface area contributed by atoms with Gasteiger partial charge in [-0.05, 0) is 91.2 Å². The van der Waals surface area contributed by atoms with E-state index in [1.165, 1.54) is 77.3 Å². The van der Waals surface area contributed by atoms with Crippen LogP contribution in [0.1, 0.15) is 30.5 Å². The van der Waals surface area contributed by atoms with Crippen molar-refractivity contribution in [3.8, 4) is 11.4 Å². The summed E-state index contributed by atoms with van der Waals surface area (Å²) in [5, 5.41) is 5.08. The molecule has 6 aromatic carbocycles. The van der Waals surface area contributed by atoms with Crippen LogP contribution in [0.25, 0.3) is 60.6 Å². The lowest BCUT2D eigenvalue weighted by molar-refractivity contribution is 0.138. The minimum atomic E-state index is -0.112. The molecule has 0 N–H and O–H groups in total. The molecule has 3 heterocycles. The van der Waals surface area contributed by atoms with Gasteiger partial charge in [0, 0.05) is 38.5 Å². The van der Waals surface area contributed by atoms with Crippen molar-refractivity contribution in [2.75, 3.05) is 7.05 Å². The van der Waals surface area contributed by atoms with Crippen LogP contribution in [-0.4, -0.2) is 26.6 Å². The fraction of sp³-hybridized carbons (Fsp3) is 0.106. The molecular formula is C47H37N3. The maximum Gasteiger partial charge on any atom is 0.0562 e. The number of para-hydroxylation sites is 3. The predicted octanol–water partition coefficient (Wildman–Crippen LogP) is 11.6. The predicted molar refractivity (Wildman–Crippen MR) is 210 cm³/mol. The van der Waals surface area contributed by atoms with Crippen LogP contribution >= 0.6 is 0 Å². The summed E-state index contributed by atoms with van der Waals surface area (Å²) < 4.78 is 4.89. The van der Waals surface area contributed by atoms with Gasteiger partial charge in [0.05, 0.1) is 28.1 Å². The summed E-state index contributed by atoms with van der Waals surface area (Å²) in [6.07, 6.45) is 10.3. The molecule has 2 atom stereocenters. The van der Waals surface area contributed by atoms with Crippen molar-refractivity contribution in [2.24, 2.45) is 0 Å². The molecule has 2 unspecified atom stereocenters. The van der Waals surface area contributed by atoms with E-state index in [0.717, 1.165) is 6.42 Å². The van der Waals surface area contributed by atoms with Crippen LogP contribution in [0.4, 0.5) is 0 Å². The van der Waals surface area contributed by atoms with Gasteiger partial charge in [-0.1, -0.05) is 121 Å². The average Bonchev–Trinajstić information content (AvgIpc) is 3.67. The number of fused-ring (bicyclic) bond motifs is 7. The van der Waals surface area contributed by atoms with Gasteiger partial charge in [0.15, 0.2) is 0 Å². The quantitative estimate of drug-likeness (QED) is 0.186. The van der Waals surface area contributed by atoms with Gasteiger partial charge in [-0.25, -0.2) is 0 Å². The molecule has 0 fully saturated rings. The van der Waals surface area contributed by atoms with Crippen molar-refractivity contribution in [2.45, 2.75) is 24.9 Å². The van der Waals surface area contributed by atoms with E-state index in [0.29, 0.717) is 0 Å². The largest absolute Gasteiger partial charge is 0.309 e. The fourth-order valence-electron chi connectivity index (χ4n) is 8.73. The molecule has 0 radical (unpaired) electrons. The Hall–Kier alpha value is -5.90. The monoisotopic (exact) mass is 643 g/mol. The Kier molecular flexibility index (Phi) is 6.43. The molecule has 50 heavy (non-hydrogen) atoms. The van der Waals surface area contributed by atoms with Crippen molar-refractivity contribution >= 4 is 49.2 Å². The molecule has 8 aromatic rings. The SMILES string of the molecule is CN1C(c2cccc(-n3c4ccccc4c4cc5c6ccccc6n(-c6ccccc6)c5cc43)c2)C=C(c2ccccc2)C2=CC=CCC21C. The third-order valence-electron chi connectivity index (χ3n) is 11.3. The van der Waals surface area contributed by atoms with E-state index in [1.54, 1.807) is 0 Å². The number of hydrogen-bond donors (Lipinski definition) is 0. The minimum Gasteiger partial charge on any atom is -0.309 e. The fourth-order valence-corrected chi connectivity index (χ4v) is 8.73. The van der Waals surface area contributed by atoms with Crippen molar-refractivity contribution in [3.05, 3.63) is 187 Å². The van der Waals surface area contributed by atoms with Gasteiger partial charge < -0.3 is 9.13 Å². The Morgan fingerprint density at radius 1 is 0.560 bits per heavy atom. The van der Waals surface area contributed by atoms with E-state index in [2.05, 4.69) is 198 Å². The van der Waals surface area contributed by atoms with E-state index in [4.69, 9.17) is 0 Å². The molecular weight excluding hydrogens is 607 g/mol. The first-order valence-corrected chi connectivity index (χ1v) is 17.6. The molecule has 0 bridgehead atoms. The zero-order valence-electron chi connectivity index (χ0n) is 28.3. The molecule has 1 aliphatic carbocycles. The maximum absolute atomic E-state index is 2.57. The lowest BCUT2D eigenvalue weighted by atomic mass is 9.73. The van der Waals surface area contributed by atoms with Crippen LogP contribution in [0.5, 0.6) is 0 Å². The highest BCUT2D eigenvalue weighted by molar-refractivity contribution is 6.19. The number of aromatic nitrogens is 2. The molecule has 3 heteroatoms. The van der Waals surface area contributed by atoms with Crippen LogP contribution in [-0.2, 0) is 0 Å². The van der Waals surface area contributed by atoms with E-state index in [9.17, 15) is 0 Å². The van der Waals surface area contributed by atoms with Crippen LogP contribution in [0.3, 0.4) is 0 Å². The summed E-state index contributed by atoms with van der Waals surface area (Å²) in [4.78, 5) is 2.57. The van der Waals surface area contributed by atoms with Crippen molar-refractivity contribution in [1.29, 1.82) is 0 Å². The number of hydrogen-bond acceptors (Lipinski definition) is 1. The minimum absolute atomic E-state index is 0.110. The summed E-state index contributed by atoms with van der Waals surface area (Å²) in [5.41, 5.74) is 12.4. The van der Waals surface area contributed by atoms with Gasteiger partial charge in [-0.3, -0.25) is 4.90 Å². The second kappa shape index (κ2) is 11.1. The van der Waals surface area contributed by atoms with E-state index in [1.807, 2.05) is 0 Å². The highest BCUT2D eigenvalue weighted by atomic mass is 15.2. The number of benzene rings is 6. The molecule has 1 aliphatic heterocycles. The second-order valence-corrected chi connectivity index (χ2v) is 14.0. The topological polar surface area (TPSA) is 13.1 Å². The summed E-state index contributed by atoms with van der Waals surface area (Å²) in [5.74, 6) is 0. The molecule has 0 spiro atoms. The molecule has 0 saturated heterocycles. The smallest absolute Gasteiger partial charge is 0.0562 e. The number of nitrogens with zero attached hydrogens (tertiary/aromatic N) is 3. The van der Waals surface area contributed by atoms with Gasteiger partial charge in [-0.2, -0.15) is 0 Å². The standard InChI is InChI=1S/C47H37N3/c1-47-27-14-13-24-41(47)38(32-16-5-3-6-17-32)30-44(48(47)2)33-18-15-21-35(28-33)50-43-26-12-10-23-37(43)40-29-39-36-22-9-11-25-42(36)49(45(39)31-46(40)50)34-19-7-4-8-20-34/h3-26,28-31,44H,27H2,1-2H3. The first-order chi connectivity index (χ1) is 24.6. The molecule has 3 nitrogen and oxygen atoms in total. The summed E-state index contributed by atoms with van der Waals surface area (Å²) >= 11 is 0. The van der Waals surface area contributed by atoms with Crippen molar-refractivity contribution in [3.63, 3.8) is 0 Å². The first-order valence-electron chi connectivity index (χ1n) is 17.6. The van der Waals surface area contributed by atoms with Gasteiger partial charge in [-0.15, -0.1) is 0 Å². The van der Waals surface area contributed by atoms with E-state index < -0.39 is 0 Å². The van der Waals surface area contributed by atoms with Crippen LogP contribution in [0, 0.1) is 0 Å². The van der Waals surface area contributed by atoms with Crippen LogP contribution < -0.4 is 0 Å². The third-order valence-corrected chi connectivity index (χ3v) is 11.3. The van der Waals surface area contributed by atoms with Gasteiger partial charge >= 0.3 is 0 Å². The first kappa shape index (κ1) is 29.1. The number of rotatable bonds is 4. The van der Waals surface area contributed by atoms with Crippen LogP contribution in [0.15, 0.2) is 175 Å². The summed E-state index contributed by atoms with van der Waals surface area (Å²) in [6.45, 7) is 2.40. The molecule has 0 amide bonds. The van der Waals surface area contributed by atoms with Crippen molar-refractivity contribution < 1.29 is 0 Å². The van der Waals surface area contributed by atoms with Gasteiger partial charge in [0.1, 0.15) is 0 Å². The molecule has 2 aliphatic rings. The summed E-state index contributed by atoms with van der Waals surface area (Å²) in [6, 6.07) is 53.5. The summed E-state index contributed by atoms with van der Waals surface area (Å²) in [7, 11) is 2.29. The molecule has 0 saturated carbocycles. The highest BCUT2D eigenvalue weighted by Gasteiger charge is 2.42. The molecule has 2 aromatic heterocycles. The van der Waals surface area contributed by atoms with Crippen molar-refractivity contribution in [1.82, 2.24) is 14.0 Å². The van der Waals surface area contributed by atoms with E-state index >= 15 is 0 Å². The Balaban J connectivity index is 1.21. The number of likely N-dealkylation sites (N-methyl/N-ethyl adjacent to an activating group) is 1. The second-order valence-electron chi connectivity index (χ2n) is 14.0. The van der Waals surface area contributed by atoms with Crippen LogP contribution in [0.2, 0.25) is 0 Å². The Morgan fingerprint density at radius 3 is 1.86 bits per heavy atom. The molecule has 10 rings (SSSR count). The number of allylic oxidation sites excluding steroid dienone is 2. The highest BCUT2D eigenvalue weighted by Crippen LogP contribution is 2.48. The Labute approximate surface area is 292 Å². The lowest BCUT2D eigenvalue weighted by Gasteiger charge is -2.49. The third kappa shape index (κ3) is 4.20. The maximum atomic E-state index is 2.57.